The number of ether oxygens (including phenoxy) is 1. The van der Waals surface area contributed by atoms with Crippen LogP contribution in [0.4, 0.5) is 18.9 Å². The number of hydrogen-bond acceptors (Lipinski definition) is 3. The fourth-order valence-electron chi connectivity index (χ4n) is 3.05. The maximum absolute atomic E-state index is 13.6. The Kier molecular flexibility index (Phi) is 5.90. The van der Waals surface area contributed by atoms with Gasteiger partial charge in [0.25, 0.3) is 0 Å². The second kappa shape index (κ2) is 8.35. The van der Waals surface area contributed by atoms with Crippen LogP contribution in [0.5, 0.6) is 5.75 Å². The van der Waals surface area contributed by atoms with Gasteiger partial charge in [-0.15, -0.1) is 0 Å². The number of nitrogens with one attached hydrogen (secondary N) is 1. The van der Waals surface area contributed by atoms with Crippen molar-refractivity contribution in [1.29, 1.82) is 0 Å². The number of hydrogen-bond donors (Lipinski definition) is 2. The van der Waals surface area contributed by atoms with Crippen molar-refractivity contribution >= 4 is 5.69 Å². The van der Waals surface area contributed by atoms with E-state index in [1.807, 2.05) is 31.2 Å². The van der Waals surface area contributed by atoms with Crippen LogP contribution in [-0.2, 0) is 0 Å². The molecular weight excluding hydrogens is 365 g/mol. The van der Waals surface area contributed by atoms with Gasteiger partial charge in [0.1, 0.15) is 11.6 Å². The van der Waals surface area contributed by atoms with Crippen LogP contribution in [0.1, 0.15) is 35.7 Å². The molecule has 2 unspecified atom stereocenters. The van der Waals surface area contributed by atoms with E-state index in [-0.39, 0.29) is 17.8 Å². The number of benzene rings is 3. The Balaban J connectivity index is 1.96. The van der Waals surface area contributed by atoms with Gasteiger partial charge in [0.2, 0.25) is 0 Å². The Morgan fingerprint density at radius 2 is 1.39 bits per heavy atom. The molecule has 0 aliphatic carbocycles. The molecule has 0 amide bonds. The lowest BCUT2D eigenvalue weighted by Crippen LogP contribution is -2.26. The van der Waals surface area contributed by atoms with E-state index in [1.165, 1.54) is 12.1 Å². The summed E-state index contributed by atoms with van der Waals surface area (Å²) in [5.41, 5.74) is 8.02. The van der Waals surface area contributed by atoms with Crippen LogP contribution in [-0.4, -0.2) is 7.11 Å². The first kappa shape index (κ1) is 19.8. The highest BCUT2D eigenvalue weighted by Crippen LogP contribution is 2.29. The van der Waals surface area contributed by atoms with E-state index >= 15 is 0 Å². The Morgan fingerprint density at radius 3 is 2.00 bits per heavy atom. The third-order valence-electron chi connectivity index (χ3n) is 4.66. The molecule has 6 heteroatoms. The average Bonchev–Trinajstić information content (AvgIpc) is 2.70. The predicted molar refractivity (Wildman–Crippen MR) is 104 cm³/mol. The van der Waals surface area contributed by atoms with Gasteiger partial charge in [-0.25, -0.2) is 13.2 Å². The molecule has 0 fully saturated rings. The van der Waals surface area contributed by atoms with E-state index in [9.17, 15) is 13.2 Å². The lowest BCUT2D eigenvalue weighted by atomic mass is 9.96. The first-order chi connectivity index (χ1) is 13.4. The Morgan fingerprint density at radius 1 is 0.786 bits per heavy atom. The number of halogens is 3. The van der Waals surface area contributed by atoms with Crippen LogP contribution in [0.2, 0.25) is 0 Å². The van der Waals surface area contributed by atoms with Crippen molar-refractivity contribution in [2.45, 2.75) is 19.0 Å². The van der Waals surface area contributed by atoms with Gasteiger partial charge in [0, 0.05) is 6.04 Å². The molecule has 3 nitrogen and oxygen atoms in total. The van der Waals surface area contributed by atoms with E-state index < -0.39 is 17.5 Å². The summed E-state index contributed by atoms with van der Waals surface area (Å²) in [5, 5.41) is 3.39. The van der Waals surface area contributed by atoms with Crippen LogP contribution in [0.25, 0.3) is 0 Å². The molecule has 0 aliphatic rings. The molecule has 0 spiro atoms. The molecule has 0 saturated heterocycles. The Bertz CT molecular complexity index is 960. The monoisotopic (exact) mass is 386 g/mol. The summed E-state index contributed by atoms with van der Waals surface area (Å²) in [4.78, 5) is 0. The lowest BCUT2D eigenvalue weighted by molar-refractivity contribution is 0.414. The molecule has 3 N–H and O–H groups in total. The third-order valence-corrected chi connectivity index (χ3v) is 4.66. The number of nitrogen functional groups attached to an aromatic ring is 1. The van der Waals surface area contributed by atoms with Crippen molar-refractivity contribution < 1.29 is 17.9 Å². The normalized spacial score (nSPS) is 13.2. The molecule has 0 aliphatic heterocycles. The predicted octanol–water partition coefficient (Wildman–Crippen LogP) is 5.13. The highest BCUT2D eigenvalue weighted by molar-refractivity contribution is 5.46. The minimum Gasteiger partial charge on any atom is -0.497 e. The second-order valence-electron chi connectivity index (χ2n) is 6.55. The number of nitrogens with two attached hydrogens (primary N) is 1. The summed E-state index contributed by atoms with van der Waals surface area (Å²) in [6.45, 7) is 1.84. The largest absolute Gasteiger partial charge is 0.497 e. The summed E-state index contributed by atoms with van der Waals surface area (Å²) in [7, 11) is 1.58. The topological polar surface area (TPSA) is 47.3 Å². The molecule has 28 heavy (non-hydrogen) atoms. The van der Waals surface area contributed by atoms with E-state index in [2.05, 4.69) is 5.32 Å². The Hall–Kier alpha value is -2.99. The molecule has 0 radical (unpaired) electrons. The minimum absolute atomic E-state index is 0.0401. The summed E-state index contributed by atoms with van der Waals surface area (Å²) in [6, 6.07) is 15.1. The lowest BCUT2D eigenvalue weighted by Gasteiger charge is -2.25. The molecular formula is C22H21F3N2O. The standard InChI is InChI=1S/C22H21F3N2O/c1-13(15-5-9-18(23)20(25)11-15)27-22(14-3-7-17(28-2)8-4-14)16-6-10-19(24)21(26)12-16/h3-13,22,27H,26H2,1-2H3. The van der Waals surface area contributed by atoms with Crippen LogP contribution < -0.4 is 15.8 Å². The summed E-state index contributed by atoms with van der Waals surface area (Å²) in [6.07, 6.45) is 0. The number of rotatable bonds is 6. The zero-order valence-electron chi connectivity index (χ0n) is 15.5. The van der Waals surface area contributed by atoms with Crippen LogP contribution in [0.3, 0.4) is 0 Å². The molecule has 146 valence electrons. The van der Waals surface area contributed by atoms with Gasteiger partial charge in [0.05, 0.1) is 18.8 Å². The maximum atomic E-state index is 13.6. The fourth-order valence-corrected chi connectivity index (χ4v) is 3.05. The van der Waals surface area contributed by atoms with Gasteiger partial charge < -0.3 is 10.5 Å². The summed E-state index contributed by atoms with van der Waals surface area (Å²) >= 11 is 0. The van der Waals surface area contributed by atoms with E-state index in [0.29, 0.717) is 11.3 Å². The van der Waals surface area contributed by atoms with E-state index in [0.717, 1.165) is 23.3 Å². The average molecular weight is 386 g/mol. The maximum Gasteiger partial charge on any atom is 0.159 e. The third kappa shape index (κ3) is 4.28. The van der Waals surface area contributed by atoms with Gasteiger partial charge in [-0.2, -0.15) is 0 Å². The van der Waals surface area contributed by atoms with Crippen molar-refractivity contribution in [3.63, 3.8) is 0 Å². The van der Waals surface area contributed by atoms with E-state index in [4.69, 9.17) is 10.5 Å². The minimum atomic E-state index is -0.904. The number of anilines is 1. The van der Waals surface area contributed by atoms with Gasteiger partial charge in [0.15, 0.2) is 11.6 Å². The van der Waals surface area contributed by atoms with Crippen molar-refractivity contribution in [3.05, 3.63) is 94.8 Å². The van der Waals surface area contributed by atoms with Crippen molar-refractivity contribution in [1.82, 2.24) is 5.32 Å². The molecule has 0 bridgehead atoms. The number of methoxy groups -OCH3 is 1. The molecule has 0 saturated carbocycles. The summed E-state index contributed by atoms with van der Waals surface area (Å²) in [5.74, 6) is -1.59. The highest BCUT2D eigenvalue weighted by atomic mass is 19.2. The first-order valence-corrected chi connectivity index (χ1v) is 8.79. The molecule has 0 heterocycles. The van der Waals surface area contributed by atoms with Crippen LogP contribution in [0.15, 0.2) is 60.7 Å². The van der Waals surface area contributed by atoms with Crippen molar-refractivity contribution in [3.8, 4) is 5.75 Å². The molecule has 3 rings (SSSR count). The molecule has 0 aromatic heterocycles. The van der Waals surface area contributed by atoms with Crippen LogP contribution in [0, 0.1) is 17.5 Å². The van der Waals surface area contributed by atoms with Crippen LogP contribution >= 0.6 is 0 Å². The first-order valence-electron chi connectivity index (χ1n) is 8.79. The zero-order chi connectivity index (χ0) is 20.3. The Labute approximate surface area is 162 Å². The molecule has 3 aromatic carbocycles. The van der Waals surface area contributed by atoms with Gasteiger partial charge >= 0.3 is 0 Å². The van der Waals surface area contributed by atoms with Crippen molar-refractivity contribution in [2.75, 3.05) is 12.8 Å². The molecule has 3 aromatic rings. The second-order valence-corrected chi connectivity index (χ2v) is 6.55. The smallest absolute Gasteiger partial charge is 0.159 e. The van der Waals surface area contributed by atoms with Gasteiger partial charge in [-0.1, -0.05) is 24.3 Å². The molecule has 2 atom stereocenters. The van der Waals surface area contributed by atoms with E-state index in [1.54, 1.807) is 19.2 Å². The zero-order valence-corrected chi connectivity index (χ0v) is 15.5. The summed E-state index contributed by atoms with van der Waals surface area (Å²) < 4.78 is 45.7. The van der Waals surface area contributed by atoms with Crippen molar-refractivity contribution in [2.24, 2.45) is 0 Å². The fraction of sp³-hybridized carbons (Fsp3) is 0.182. The van der Waals surface area contributed by atoms with Gasteiger partial charge in [-0.3, -0.25) is 5.32 Å². The van der Waals surface area contributed by atoms with Gasteiger partial charge in [-0.05, 0) is 60.0 Å². The SMILES string of the molecule is COc1ccc(C(NC(C)c2ccc(F)c(F)c2)c2ccc(F)c(N)c2)cc1. The highest BCUT2D eigenvalue weighted by Gasteiger charge is 2.19. The quantitative estimate of drug-likeness (QED) is 0.577.